The van der Waals surface area contributed by atoms with E-state index in [0.29, 0.717) is 35.2 Å². The first-order valence-corrected chi connectivity index (χ1v) is 16.5. The standard InChI is InChI=1S/C38H40F3N7O3/c1-4-33(49)42-20-23(2)16-34(50)45-28-12-7-13-29(18-28)48-37-43-21-31(22-44-37)46-35(25-8-5-9-25)32-19-30(15-14-24(32)3)47-36(51)26-10-6-11-27(17-26)38(39,40)41/h4,6-7,10-15,17-19,21-23,36,46-47,51H,1,5,8-9,16,20H2,2-3H3,(H,42,49)(H,45,50)(H,43,44,48). The van der Waals surface area contributed by atoms with Crippen molar-refractivity contribution in [2.24, 2.45) is 5.92 Å². The van der Waals surface area contributed by atoms with Crippen molar-refractivity contribution in [1.82, 2.24) is 15.3 Å². The van der Waals surface area contributed by atoms with Crippen LogP contribution in [0.15, 0.2) is 97.4 Å². The van der Waals surface area contributed by atoms with E-state index in [1.54, 1.807) is 36.7 Å². The molecule has 1 aliphatic rings. The second-order valence-corrected chi connectivity index (χ2v) is 12.5. The van der Waals surface area contributed by atoms with Crippen molar-refractivity contribution in [2.45, 2.75) is 51.9 Å². The van der Waals surface area contributed by atoms with Crippen LogP contribution in [0.1, 0.15) is 61.1 Å². The lowest BCUT2D eigenvalue weighted by Gasteiger charge is -2.25. The average molecular weight is 700 g/mol. The van der Waals surface area contributed by atoms with Gasteiger partial charge in [-0.3, -0.25) is 9.59 Å². The second kappa shape index (κ2) is 16.3. The lowest BCUT2D eigenvalue weighted by atomic mass is 9.87. The van der Waals surface area contributed by atoms with E-state index >= 15 is 0 Å². The molecule has 1 saturated carbocycles. The van der Waals surface area contributed by atoms with Gasteiger partial charge in [0.2, 0.25) is 17.8 Å². The first-order valence-electron chi connectivity index (χ1n) is 16.5. The van der Waals surface area contributed by atoms with Crippen LogP contribution in [0.3, 0.4) is 0 Å². The summed E-state index contributed by atoms with van der Waals surface area (Å²) < 4.78 is 39.7. The van der Waals surface area contributed by atoms with Gasteiger partial charge in [-0.1, -0.05) is 37.8 Å². The SMILES string of the molecule is C=CC(=O)NCC(C)CC(=O)Nc1cccc(Nc2ncc(NC(=C3CCC3)c3cc(NC(O)c4cccc(C(F)(F)F)c4)ccc3C)cn2)c1. The molecule has 4 aromatic rings. The van der Waals surface area contributed by atoms with Gasteiger partial charge in [0.05, 0.1) is 23.6 Å². The summed E-state index contributed by atoms with van der Waals surface area (Å²) in [4.78, 5) is 32.9. The Morgan fingerprint density at radius 2 is 1.67 bits per heavy atom. The van der Waals surface area contributed by atoms with Crippen LogP contribution in [0.25, 0.3) is 5.70 Å². The summed E-state index contributed by atoms with van der Waals surface area (Å²) in [6.45, 7) is 7.62. The number of benzene rings is 3. The maximum atomic E-state index is 13.2. The maximum absolute atomic E-state index is 13.2. The van der Waals surface area contributed by atoms with E-state index in [9.17, 15) is 27.9 Å². The van der Waals surface area contributed by atoms with Gasteiger partial charge in [-0.25, -0.2) is 9.97 Å². The summed E-state index contributed by atoms with van der Waals surface area (Å²) >= 11 is 0. The molecular formula is C38H40F3N7O3. The minimum absolute atomic E-state index is 0.0633. The first-order chi connectivity index (χ1) is 24.4. The molecule has 0 saturated heterocycles. The molecule has 2 unspecified atom stereocenters. The summed E-state index contributed by atoms with van der Waals surface area (Å²) in [5.74, 6) is -0.180. The molecule has 266 valence electrons. The van der Waals surface area contributed by atoms with E-state index in [2.05, 4.69) is 43.1 Å². The third-order valence-corrected chi connectivity index (χ3v) is 8.32. The van der Waals surface area contributed by atoms with Gasteiger partial charge in [-0.15, -0.1) is 0 Å². The number of amides is 2. The Labute approximate surface area is 294 Å². The molecule has 0 spiro atoms. The van der Waals surface area contributed by atoms with Crippen LogP contribution in [0.4, 0.5) is 41.9 Å². The summed E-state index contributed by atoms with van der Waals surface area (Å²) in [6.07, 6.45) is 1.73. The normalized spacial score (nSPS) is 13.6. The van der Waals surface area contributed by atoms with Gasteiger partial charge in [0, 0.05) is 46.9 Å². The minimum atomic E-state index is -4.52. The lowest BCUT2D eigenvalue weighted by Crippen LogP contribution is -2.28. The lowest BCUT2D eigenvalue weighted by molar-refractivity contribution is -0.137. The zero-order valence-corrected chi connectivity index (χ0v) is 28.3. The summed E-state index contributed by atoms with van der Waals surface area (Å²) in [5.41, 5.74) is 5.67. The topological polar surface area (TPSA) is 140 Å². The number of rotatable bonds is 14. The van der Waals surface area contributed by atoms with E-state index < -0.39 is 18.0 Å². The highest BCUT2D eigenvalue weighted by Gasteiger charge is 2.31. The Morgan fingerprint density at radius 1 is 0.941 bits per heavy atom. The molecule has 3 aromatic carbocycles. The van der Waals surface area contributed by atoms with Gasteiger partial charge in [0.1, 0.15) is 0 Å². The van der Waals surface area contributed by atoms with E-state index in [0.717, 1.165) is 48.2 Å². The van der Waals surface area contributed by atoms with Gasteiger partial charge in [0.15, 0.2) is 6.23 Å². The van der Waals surface area contributed by atoms with Gasteiger partial charge in [0.25, 0.3) is 0 Å². The highest BCUT2D eigenvalue weighted by Crippen LogP contribution is 2.37. The predicted octanol–water partition coefficient (Wildman–Crippen LogP) is 7.92. The number of hydrogen-bond donors (Lipinski definition) is 6. The van der Waals surface area contributed by atoms with Crippen LogP contribution < -0.4 is 26.6 Å². The fourth-order valence-corrected chi connectivity index (χ4v) is 5.41. The molecule has 51 heavy (non-hydrogen) atoms. The van der Waals surface area contributed by atoms with Crippen LogP contribution in [-0.2, 0) is 15.8 Å². The number of carbonyl (C=O) groups is 2. The number of hydrogen-bond acceptors (Lipinski definition) is 8. The molecule has 10 nitrogen and oxygen atoms in total. The Kier molecular flexibility index (Phi) is 11.7. The van der Waals surface area contributed by atoms with Crippen molar-refractivity contribution in [3.63, 3.8) is 0 Å². The zero-order chi connectivity index (χ0) is 36.5. The van der Waals surface area contributed by atoms with E-state index in [1.165, 1.54) is 23.8 Å². The summed E-state index contributed by atoms with van der Waals surface area (Å²) in [5, 5.41) is 25.9. The predicted molar refractivity (Wildman–Crippen MR) is 193 cm³/mol. The number of nitrogens with zero attached hydrogens (tertiary/aromatic N) is 2. The monoisotopic (exact) mass is 699 g/mol. The van der Waals surface area contributed by atoms with Crippen LogP contribution in [-0.4, -0.2) is 33.4 Å². The largest absolute Gasteiger partial charge is 0.416 e. The fourth-order valence-electron chi connectivity index (χ4n) is 5.41. The molecule has 0 radical (unpaired) electrons. The van der Waals surface area contributed by atoms with Crippen LogP contribution in [0.2, 0.25) is 0 Å². The van der Waals surface area contributed by atoms with Crippen LogP contribution >= 0.6 is 0 Å². The highest BCUT2D eigenvalue weighted by molar-refractivity contribution is 5.91. The van der Waals surface area contributed by atoms with E-state index in [-0.39, 0.29) is 29.7 Å². The van der Waals surface area contributed by atoms with Crippen molar-refractivity contribution < 1.29 is 27.9 Å². The van der Waals surface area contributed by atoms with E-state index in [1.807, 2.05) is 32.0 Å². The van der Waals surface area contributed by atoms with Crippen molar-refractivity contribution in [3.05, 3.63) is 120 Å². The maximum Gasteiger partial charge on any atom is 0.416 e. The molecule has 5 rings (SSSR count). The molecule has 0 aliphatic heterocycles. The van der Waals surface area contributed by atoms with Crippen LogP contribution in [0, 0.1) is 12.8 Å². The quantitative estimate of drug-likeness (QED) is 0.0576. The van der Waals surface area contributed by atoms with Crippen molar-refractivity contribution in [2.75, 3.05) is 27.8 Å². The van der Waals surface area contributed by atoms with Crippen molar-refractivity contribution in [1.29, 1.82) is 0 Å². The molecule has 13 heteroatoms. The molecule has 1 aromatic heterocycles. The minimum Gasteiger partial charge on any atom is -0.369 e. The number of aryl methyl sites for hydroxylation is 1. The Hall–Kier alpha value is -5.69. The number of aliphatic hydroxyl groups is 1. The summed E-state index contributed by atoms with van der Waals surface area (Å²) in [6, 6.07) is 17.3. The Bertz CT molecular complexity index is 1910. The molecule has 1 heterocycles. The second-order valence-electron chi connectivity index (χ2n) is 12.5. The van der Waals surface area contributed by atoms with Crippen molar-refractivity contribution >= 4 is 46.2 Å². The van der Waals surface area contributed by atoms with Crippen molar-refractivity contribution in [3.8, 4) is 0 Å². The highest BCUT2D eigenvalue weighted by atomic mass is 19.4. The van der Waals surface area contributed by atoms with Gasteiger partial charge in [-0.05, 0) is 91.8 Å². The van der Waals surface area contributed by atoms with Gasteiger partial charge in [-0.2, -0.15) is 13.2 Å². The molecule has 1 fully saturated rings. The van der Waals surface area contributed by atoms with Crippen LogP contribution in [0.5, 0.6) is 0 Å². The molecule has 6 N–H and O–H groups in total. The number of nitrogens with one attached hydrogen (secondary N) is 5. The molecular weight excluding hydrogens is 659 g/mol. The molecule has 2 amide bonds. The number of anilines is 5. The summed E-state index contributed by atoms with van der Waals surface area (Å²) in [7, 11) is 0. The number of allylic oxidation sites excluding steroid dienone is 1. The molecule has 0 bridgehead atoms. The molecule has 1 aliphatic carbocycles. The smallest absolute Gasteiger partial charge is 0.369 e. The van der Waals surface area contributed by atoms with Gasteiger partial charge < -0.3 is 31.7 Å². The Balaban J connectivity index is 1.23. The average Bonchev–Trinajstić information content (AvgIpc) is 3.07. The number of aromatic nitrogens is 2. The third-order valence-electron chi connectivity index (χ3n) is 8.32. The number of carbonyl (C=O) groups excluding carboxylic acids is 2. The zero-order valence-electron chi connectivity index (χ0n) is 28.3. The third kappa shape index (κ3) is 10.2. The van der Waals surface area contributed by atoms with Gasteiger partial charge >= 0.3 is 6.18 Å². The molecule has 2 atom stereocenters. The first kappa shape index (κ1) is 36.6. The number of alkyl halides is 3. The van der Waals surface area contributed by atoms with E-state index in [4.69, 9.17) is 0 Å². The fraction of sp³-hybridized carbons (Fsp3) is 0.263. The Morgan fingerprint density at radius 3 is 2.35 bits per heavy atom. The number of halogens is 3. The number of aliphatic hydroxyl groups excluding tert-OH is 1.